The fraction of sp³-hybridized carbons (Fsp3) is 0.364. The van der Waals surface area contributed by atoms with Gasteiger partial charge in [-0.3, -0.25) is 9.10 Å². The first kappa shape index (κ1) is 13.5. The molecule has 0 bridgehead atoms. The van der Waals surface area contributed by atoms with Crippen LogP contribution in [0.4, 0.5) is 5.69 Å². The second-order valence-electron chi connectivity index (χ2n) is 3.90. The third-order valence-corrected chi connectivity index (χ3v) is 3.48. The summed E-state index contributed by atoms with van der Waals surface area (Å²) < 4.78 is 24.2. The third kappa shape index (κ3) is 3.20. The average molecular weight is 257 g/mol. The van der Waals surface area contributed by atoms with E-state index < -0.39 is 22.5 Å². The molecule has 1 N–H and O–H groups in total. The van der Waals surface area contributed by atoms with E-state index in [0.717, 1.165) is 21.7 Å². The van der Waals surface area contributed by atoms with Crippen LogP contribution in [0.15, 0.2) is 18.2 Å². The number of rotatable bonds is 4. The molecule has 0 fully saturated rings. The zero-order valence-corrected chi connectivity index (χ0v) is 10.8. The van der Waals surface area contributed by atoms with Crippen molar-refractivity contribution in [3.05, 3.63) is 29.3 Å². The topological polar surface area (TPSA) is 74.7 Å². The maximum absolute atomic E-state index is 11.6. The molecule has 1 aromatic rings. The molecule has 0 saturated carbocycles. The van der Waals surface area contributed by atoms with Crippen LogP contribution in [-0.4, -0.2) is 32.3 Å². The van der Waals surface area contributed by atoms with Gasteiger partial charge in [-0.25, -0.2) is 8.42 Å². The Morgan fingerprint density at radius 1 is 1.29 bits per heavy atom. The quantitative estimate of drug-likeness (QED) is 0.878. The van der Waals surface area contributed by atoms with Crippen molar-refractivity contribution in [2.75, 3.05) is 17.1 Å². The summed E-state index contributed by atoms with van der Waals surface area (Å²) in [6, 6.07) is 5.31. The molecule has 0 saturated heterocycles. The molecular weight excluding hydrogens is 242 g/mol. The van der Waals surface area contributed by atoms with Gasteiger partial charge in [0.05, 0.1) is 11.9 Å². The molecule has 0 aromatic heterocycles. The lowest BCUT2D eigenvalue weighted by Crippen LogP contribution is -2.35. The van der Waals surface area contributed by atoms with Crippen molar-refractivity contribution >= 4 is 21.7 Å². The summed E-state index contributed by atoms with van der Waals surface area (Å²) in [4.78, 5) is 10.7. The number of aliphatic carboxylic acids is 1. The third-order valence-electron chi connectivity index (χ3n) is 2.37. The Morgan fingerprint density at radius 2 is 1.76 bits per heavy atom. The standard InChI is InChI=1S/C11H15NO4S/c1-8-5-4-6-9(2)11(8)12(7-10(13)14)17(3,15)16/h4-6H,7H2,1-3H3,(H,13,14). The van der Waals surface area contributed by atoms with E-state index >= 15 is 0 Å². The van der Waals surface area contributed by atoms with E-state index in [9.17, 15) is 13.2 Å². The number of hydrogen-bond acceptors (Lipinski definition) is 3. The van der Waals surface area contributed by atoms with E-state index in [1.165, 1.54) is 0 Å². The zero-order valence-electron chi connectivity index (χ0n) is 9.97. The predicted molar refractivity (Wildman–Crippen MR) is 65.7 cm³/mol. The van der Waals surface area contributed by atoms with Gasteiger partial charge >= 0.3 is 5.97 Å². The number of carboxylic acids is 1. The number of anilines is 1. The summed E-state index contributed by atoms with van der Waals surface area (Å²) in [5.41, 5.74) is 1.91. The van der Waals surface area contributed by atoms with E-state index in [4.69, 9.17) is 5.11 Å². The lowest BCUT2D eigenvalue weighted by molar-refractivity contribution is -0.135. The van der Waals surface area contributed by atoms with Gasteiger partial charge in [0.2, 0.25) is 10.0 Å². The number of para-hydroxylation sites is 1. The molecule has 1 rings (SSSR count). The van der Waals surface area contributed by atoms with Gasteiger partial charge in [-0.2, -0.15) is 0 Å². The van der Waals surface area contributed by atoms with Crippen LogP contribution in [0.5, 0.6) is 0 Å². The van der Waals surface area contributed by atoms with Gasteiger partial charge in [-0.1, -0.05) is 18.2 Å². The molecule has 0 aliphatic rings. The lowest BCUT2D eigenvalue weighted by atomic mass is 10.1. The number of carboxylic acid groups (broad SMARTS) is 1. The number of nitrogens with zero attached hydrogens (tertiary/aromatic N) is 1. The Labute approximate surface area is 101 Å². The number of carbonyl (C=O) groups is 1. The van der Waals surface area contributed by atoms with Crippen molar-refractivity contribution < 1.29 is 18.3 Å². The smallest absolute Gasteiger partial charge is 0.324 e. The Hall–Kier alpha value is -1.56. The Morgan fingerprint density at radius 3 is 2.12 bits per heavy atom. The van der Waals surface area contributed by atoms with E-state index in [1.54, 1.807) is 32.0 Å². The van der Waals surface area contributed by atoms with Gasteiger partial charge in [0.15, 0.2) is 0 Å². The van der Waals surface area contributed by atoms with Crippen LogP contribution in [0.2, 0.25) is 0 Å². The summed E-state index contributed by atoms with van der Waals surface area (Å²) in [5.74, 6) is -1.18. The molecule has 0 amide bonds. The molecule has 1 aromatic carbocycles. The van der Waals surface area contributed by atoms with Gasteiger partial charge in [0.25, 0.3) is 0 Å². The summed E-state index contributed by atoms with van der Waals surface area (Å²) in [6.45, 7) is 2.94. The summed E-state index contributed by atoms with van der Waals surface area (Å²) in [5, 5.41) is 8.78. The number of hydrogen-bond donors (Lipinski definition) is 1. The van der Waals surface area contributed by atoms with E-state index in [2.05, 4.69) is 0 Å². The lowest BCUT2D eigenvalue weighted by Gasteiger charge is -2.24. The van der Waals surface area contributed by atoms with Gasteiger partial charge in [0, 0.05) is 0 Å². The van der Waals surface area contributed by atoms with Crippen molar-refractivity contribution in [3.8, 4) is 0 Å². The van der Waals surface area contributed by atoms with Crippen molar-refractivity contribution in [1.29, 1.82) is 0 Å². The maximum atomic E-state index is 11.6. The number of aryl methyl sites for hydroxylation is 2. The minimum absolute atomic E-state index is 0.442. The van der Waals surface area contributed by atoms with Crippen LogP contribution in [0.25, 0.3) is 0 Å². The molecular formula is C11H15NO4S. The predicted octanol–water partition coefficient (Wildman–Crippen LogP) is 1.15. The molecule has 17 heavy (non-hydrogen) atoms. The number of benzene rings is 1. The molecule has 94 valence electrons. The summed E-state index contributed by atoms with van der Waals surface area (Å²) >= 11 is 0. The second-order valence-corrected chi connectivity index (χ2v) is 5.81. The van der Waals surface area contributed by atoms with Crippen LogP contribution < -0.4 is 4.31 Å². The Kier molecular flexibility index (Phi) is 3.77. The van der Waals surface area contributed by atoms with Crippen molar-refractivity contribution in [2.24, 2.45) is 0 Å². The van der Waals surface area contributed by atoms with E-state index in [-0.39, 0.29) is 0 Å². The van der Waals surface area contributed by atoms with Gasteiger partial charge in [-0.05, 0) is 25.0 Å². The van der Waals surface area contributed by atoms with E-state index in [1.807, 2.05) is 0 Å². The first-order chi connectivity index (χ1) is 7.73. The molecule has 0 aliphatic heterocycles. The fourth-order valence-electron chi connectivity index (χ4n) is 1.68. The Bertz CT molecular complexity index is 516. The van der Waals surface area contributed by atoms with Crippen LogP contribution >= 0.6 is 0 Å². The Balaban J connectivity index is 3.37. The molecule has 0 heterocycles. The highest BCUT2D eigenvalue weighted by Gasteiger charge is 2.23. The molecule has 0 spiro atoms. The van der Waals surface area contributed by atoms with E-state index in [0.29, 0.717) is 5.69 Å². The molecule has 0 atom stereocenters. The first-order valence-electron chi connectivity index (χ1n) is 4.99. The molecule has 0 radical (unpaired) electrons. The summed E-state index contributed by atoms with van der Waals surface area (Å²) in [7, 11) is -3.61. The zero-order chi connectivity index (χ0) is 13.2. The first-order valence-corrected chi connectivity index (χ1v) is 6.84. The molecule has 5 nitrogen and oxygen atoms in total. The summed E-state index contributed by atoms with van der Waals surface area (Å²) in [6.07, 6.45) is 1.00. The molecule has 0 unspecified atom stereocenters. The van der Waals surface area contributed by atoms with Crippen LogP contribution in [0.1, 0.15) is 11.1 Å². The van der Waals surface area contributed by atoms with Gasteiger partial charge < -0.3 is 5.11 Å². The van der Waals surface area contributed by atoms with Gasteiger partial charge in [-0.15, -0.1) is 0 Å². The molecule has 0 aliphatic carbocycles. The highest BCUT2D eigenvalue weighted by Crippen LogP contribution is 2.26. The normalized spacial score (nSPS) is 11.2. The van der Waals surface area contributed by atoms with Gasteiger partial charge in [0.1, 0.15) is 6.54 Å². The number of sulfonamides is 1. The van der Waals surface area contributed by atoms with Crippen LogP contribution in [-0.2, 0) is 14.8 Å². The SMILES string of the molecule is Cc1cccc(C)c1N(CC(=O)O)S(C)(=O)=O. The fourth-order valence-corrected chi connectivity index (χ4v) is 2.65. The minimum atomic E-state index is -3.61. The van der Waals surface area contributed by atoms with Crippen molar-refractivity contribution in [2.45, 2.75) is 13.8 Å². The van der Waals surface area contributed by atoms with Crippen molar-refractivity contribution in [3.63, 3.8) is 0 Å². The maximum Gasteiger partial charge on any atom is 0.324 e. The highest BCUT2D eigenvalue weighted by atomic mass is 32.2. The highest BCUT2D eigenvalue weighted by molar-refractivity contribution is 7.92. The minimum Gasteiger partial charge on any atom is -0.480 e. The monoisotopic (exact) mass is 257 g/mol. The van der Waals surface area contributed by atoms with Crippen molar-refractivity contribution in [1.82, 2.24) is 0 Å². The average Bonchev–Trinajstić information content (AvgIpc) is 2.13. The van der Waals surface area contributed by atoms with Crippen LogP contribution in [0, 0.1) is 13.8 Å². The molecule has 6 heteroatoms. The second kappa shape index (κ2) is 4.75. The largest absolute Gasteiger partial charge is 0.480 e. The van der Waals surface area contributed by atoms with Crippen LogP contribution in [0.3, 0.4) is 0 Å².